The van der Waals surface area contributed by atoms with Crippen molar-refractivity contribution in [2.45, 2.75) is 6.42 Å². The molecule has 32 heavy (non-hydrogen) atoms. The predicted octanol–water partition coefficient (Wildman–Crippen LogP) is 2.72. The van der Waals surface area contributed by atoms with E-state index in [-0.39, 0.29) is 19.1 Å². The molecule has 0 saturated carbocycles. The van der Waals surface area contributed by atoms with Gasteiger partial charge < -0.3 is 25.8 Å². The number of hydrogen-bond acceptors (Lipinski definition) is 8. The molecule has 2 heterocycles. The maximum absolute atomic E-state index is 11.7. The predicted molar refractivity (Wildman–Crippen MR) is 121 cm³/mol. The molecule has 0 atom stereocenters. The highest BCUT2D eigenvalue weighted by Gasteiger charge is 2.06. The quantitative estimate of drug-likeness (QED) is 0.241. The summed E-state index contributed by atoms with van der Waals surface area (Å²) in [6.07, 6.45) is 3.95. The largest absolute Gasteiger partial charge is 0.484 e. The molecule has 0 unspecified atom stereocenters. The molecule has 0 fully saturated rings. The Labute approximate surface area is 184 Å². The van der Waals surface area contributed by atoms with Gasteiger partial charge in [-0.25, -0.2) is 4.98 Å². The van der Waals surface area contributed by atoms with Gasteiger partial charge in [0, 0.05) is 30.4 Å². The lowest BCUT2D eigenvalue weighted by atomic mass is 10.2. The number of carbonyl (C=O) groups excluding carboxylic acids is 1. The second-order valence-corrected chi connectivity index (χ2v) is 6.89. The molecule has 0 radical (unpaired) electrons. The average molecular weight is 433 g/mol. The highest BCUT2D eigenvalue weighted by atomic mass is 16.5. The second kappa shape index (κ2) is 10.2. The van der Waals surface area contributed by atoms with Crippen LogP contribution in [0.2, 0.25) is 0 Å². The monoisotopic (exact) mass is 433 g/mol. The van der Waals surface area contributed by atoms with E-state index in [1.54, 1.807) is 30.6 Å². The SMILES string of the molecule is O=C(COc1ccc(Nc2nccc(Nc3cccc4[nH]ncc34)n2)cc1)NCCCO. The molecule has 2 aromatic carbocycles. The molecule has 10 nitrogen and oxygen atoms in total. The number of rotatable bonds is 10. The molecule has 164 valence electrons. The molecule has 10 heteroatoms. The third-order valence-corrected chi connectivity index (χ3v) is 4.54. The van der Waals surface area contributed by atoms with Crippen LogP contribution in [0.4, 0.5) is 23.1 Å². The number of hydrogen-bond donors (Lipinski definition) is 5. The Bertz CT molecular complexity index is 1180. The molecule has 0 aliphatic rings. The van der Waals surface area contributed by atoms with Gasteiger partial charge in [-0.3, -0.25) is 9.89 Å². The number of amides is 1. The maximum Gasteiger partial charge on any atom is 0.257 e. The zero-order chi connectivity index (χ0) is 22.2. The van der Waals surface area contributed by atoms with Gasteiger partial charge in [0.15, 0.2) is 6.61 Å². The Morgan fingerprint density at radius 1 is 1.09 bits per heavy atom. The van der Waals surface area contributed by atoms with E-state index in [0.29, 0.717) is 30.5 Å². The minimum atomic E-state index is -0.232. The standard InChI is InChI=1S/C22H23N7O3/c30-12-2-10-23-21(31)14-32-16-7-5-15(6-8-16)26-22-24-11-9-20(28-22)27-18-3-1-4-19-17(18)13-25-29-19/h1,3-9,11,13,30H,2,10,12,14H2,(H,23,31)(H,25,29)(H2,24,26,27,28). The van der Waals surface area contributed by atoms with Crippen molar-refractivity contribution in [3.63, 3.8) is 0 Å². The van der Waals surface area contributed by atoms with Crippen LogP contribution in [-0.4, -0.2) is 50.9 Å². The zero-order valence-corrected chi connectivity index (χ0v) is 17.2. The van der Waals surface area contributed by atoms with Gasteiger partial charge in [-0.15, -0.1) is 0 Å². The second-order valence-electron chi connectivity index (χ2n) is 6.89. The minimum absolute atomic E-state index is 0.0405. The number of anilines is 4. The van der Waals surface area contributed by atoms with Gasteiger partial charge in [0.25, 0.3) is 5.91 Å². The molecule has 0 bridgehead atoms. The Kier molecular flexibility index (Phi) is 6.73. The first-order chi connectivity index (χ1) is 15.7. The van der Waals surface area contributed by atoms with E-state index < -0.39 is 0 Å². The van der Waals surface area contributed by atoms with Crippen LogP contribution in [0.25, 0.3) is 10.9 Å². The number of nitrogens with zero attached hydrogens (tertiary/aromatic N) is 3. The van der Waals surface area contributed by atoms with Gasteiger partial charge in [0.05, 0.1) is 17.4 Å². The number of aromatic amines is 1. The van der Waals surface area contributed by atoms with Crippen molar-refractivity contribution in [3.8, 4) is 5.75 Å². The smallest absolute Gasteiger partial charge is 0.257 e. The molecule has 5 N–H and O–H groups in total. The Morgan fingerprint density at radius 2 is 1.97 bits per heavy atom. The number of carbonyl (C=O) groups is 1. The molecular weight excluding hydrogens is 410 g/mol. The summed E-state index contributed by atoms with van der Waals surface area (Å²) in [6, 6.07) is 14.8. The molecule has 0 spiro atoms. The Hall–Kier alpha value is -4.18. The molecule has 2 aromatic heterocycles. The lowest BCUT2D eigenvalue weighted by Crippen LogP contribution is -2.30. The van der Waals surface area contributed by atoms with Crippen LogP contribution >= 0.6 is 0 Å². The maximum atomic E-state index is 11.7. The third-order valence-electron chi connectivity index (χ3n) is 4.54. The lowest BCUT2D eigenvalue weighted by Gasteiger charge is -2.10. The van der Waals surface area contributed by atoms with Crippen LogP contribution in [0.15, 0.2) is 60.9 Å². The molecule has 4 aromatic rings. The fourth-order valence-electron chi connectivity index (χ4n) is 2.97. The summed E-state index contributed by atoms with van der Waals surface area (Å²) in [6.45, 7) is 0.379. The summed E-state index contributed by atoms with van der Waals surface area (Å²) in [7, 11) is 0. The van der Waals surface area contributed by atoms with Crippen molar-refractivity contribution in [1.82, 2.24) is 25.5 Å². The van der Waals surface area contributed by atoms with Crippen LogP contribution in [0.5, 0.6) is 5.75 Å². The number of H-pyrrole nitrogens is 1. The summed E-state index contributed by atoms with van der Waals surface area (Å²) in [5.74, 6) is 1.41. The van der Waals surface area contributed by atoms with E-state index in [0.717, 1.165) is 22.3 Å². The number of aromatic nitrogens is 4. The molecule has 4 rings (SSSR count). The molecule has 1 amide bonds. The van der Waals surface area contributed by atoms with Gasteiger partial charge in [0.2, 0.25) is 5.95 Å². The lowest BCUT2D eigenvalue weighted by molar-refractivity contribution is -0.123. The molecule has 0 aliphatic carbocycles. The molecule has 0 saturated heterocycles. The summed E-state index contributed by atoms with van der Waals surface area (Å²) in [5.41, 5.74) is 2.61. The molecular formula is C22H23N7O3. The van der Waals surface area contributed by atoms with Gasteiger partial charge in [-0.1, -0.05) is 6.07 Å². The number of aliphatic hydroxyl groups is 1. The first-order valence-corrected chi connectivity index (χ1v) is 10.1. The highest BCUT2D eigenvalue weighted by Crippen LogP contribution is 2.25. The van der Waals surface area contributed by atoms with Crippen LogP contribution in [0.1, 0.15) is 6.42 Å². The van der Waals surface area contributed by atoms with E-state index in [2.05, 4.69) is 36.1 Å². The normalized spacial score (nSPS) is 10.7. The van der Waals surface area contributed by atoms with E-state index >= 15 is 0 Å². The topological polar surface area (TPSA) is 137 Å². The van der Waals surface area contributed by atoms with E-state index in [9.17, 15) is 4.79 Å². The summed E-state index contributed by atoms with van der Waals surface area (Å²) >= 11 is 0. The van der Waals surface area contributed by atoms with Gasteiger partial charge >= 0.3 is 0 Å². The van der Waals surface area contributed by atoms with Gasteiger partial charge in [-0.2, -0.15) is 10.1 Å². The van der Waals surface area contributed by atoms with Crippen molar-refractivity contribution >= 4 is 40.0 Å². The number of fused-ring (bicyclic) bond motifs is 1. The zero-order valence-electron chi connectivity index (χ0n) is 17.2. The van der Waals surface area contributed by atoms with Crippen molar-refractivity contribution < 1.29 is 14.6 Å². The third kappa shape index (κ3) is 5.49. The highest BCUT2D eigenvalue weighted by molar-refractivity contribution is 5.92. The van der Waals surface area contributed by atoms with Gasteiger partial charge in [0.1, 0.15) is 11.6 Å². The Morgan fingerprint density at radius 3 is 2.81 bits per heavy atom. The van der Waals surface area contributed by atoms with Crippen molar-refractivity contribution in [2.24, 2.45) is 0 Å². The number of aliphatic hydroxyl groups excluding tert-OH is 1. The average Bonchev–Trinajstić information content (AvgIpc) is 3.29. The fourth-order valence-corrected chi connectivity index (χ4v) is 2.97. The van der Waals surface area contributed by atoms with Crippen LogP contribution in [0, 0.1) is 0 Å². The molecule has 0 aliphatic heterocycles. The van der Waals surface area contributed by atoms with Crippen molar-refractivity contribution in [1.29, 1.82) is 0 Å². The van der Waals surface area contributed by atoms with E-state index in [1.165, 1.54) is 0 Å². The summed E-state index contributed by atoms with van der Waals surface area (Å²) in [5, 5.41) is 25.8. The number of nitrogens with one attached hydrogen (secondary N) is 4. The first kappa shape index (κ1) is 21.1. The summed E-state index contributed by atoms with van der Waals surface area (Å²) < 4.78 is 5.47. The number of ether oxygens (including phenoxy) is 1. The van der Waals surface area contributed by atoms with Gasteiger partial charge in [-0.05, 0) is 48.9 Å². The number of benzene rings is 2. The Balaban J connectivity index is 1.34. The fraction of sp³-hybridized carbons (Fsp3) is 0.182. The van der Waals surface area contributed by atoms with Crippen LogP contribution in [-0.2, 0) is 4.79 Å². The van der Waals surface area contributed by atoms with E-state index in [1.807, 2.05) is 30.3 Å². The minimum Gasteiger partial charge on any atom is -0.484 e. The van der Waals surface area contributed by atoms with Crippen LogP contribution < -0.4 is 20.7 Å². The van der Waals surface area contributed by atoms with Crippen molar-refractivity contribution in [3.05, 3.63) is 60.9 Å². The van der Waals surface area contributed by atoms with E-state index in [4.69, 9.17) is 9.84 Å². The summed E-state index contributed by atoms with van der Waals surface area (Å²) in [4.78, 5) is 20.4. The first-order valence-electron chi connectivity index (χ1n) is 10.1. The van der Waals surface area contributed by atoms with Crippen molar-refractivity contribution in [2.75, 3.05) is 30.4 Å². The van der Waals surface area contributed by atoms with Crippen LogP contribution in [0.3, 0.4) is 0 Å².